The molecule has 1 rings (SSSR count). The number of carbonyl (C=O) groups excluding carboxylic acids is 1. The maximum atomic E-state index is 11.2. The fourth-order valence-corrected chi connectivity index (χ4v) is 1.50. The van der Waals surface area contributed by atoms with Gasteiger partial charge in [-0.15, -0.1) is 0 Å². The van der Waals surface area contributed by atoms with Crippen LogP contribution in [0.4, 0.5) is 5.69 Å². The van der Waals surface area contributed by atoms with Gasteiger partial charge >= 0.3 is 5.97 Å². The second-order valence-electron chi connectivity index (χ2n) is 3.99. The summed E-state index contributed by atoms with van der Waals surface area (Å²) >= 11 is 0. The molecule has 19 heavy (non-hydrogen) atoms. The molecule has 104 valence electrons. The molecule has 0 atom stereocenters. The lowest BCUT2D eigenvalue weighted by molar-refractivity contribution is -0.121. The van der Waals surface area contributed by atoms with Gasteiger partial charge in [-0.2, -0.15) is 0 Å². The molecule has 0 aliphatic heterocycles. The van der Waals surface area contributed by atoms with Gasteiger partial charge in [0.1, 0.15) is 0 Å². The van der Waals surface area contributed by atoms with Crippen LogP contribution >= 0.6 is 0 Å². The summed E-state index contributed by atoms with van der Waals surface area (Å²) in [7, 11) is 0. The topological polar surface area (TPSA) is 98.7 Å². The number of nitrogens with one attached hydrogen (secondary N) is 2. The number of anilines is 1. The van der Waals surface area contributed by atoms with Crippen LogP contribution < -0.4 is 10.6 Å². The molecule has 0 heterocycles. The van der Waals surface area contributed by atoms with Gasteiger partial charge in [0.2, 0.25) is 5.91 Å². The third kappa shape index (κ3) is 5.87. The Bertz CT molecular complexity index is 417. The molecule has 0 fully saturated rings. The van der Waals surface area contributed by atoms with Gasteiger partial charge < -0.3 is 20.8 Å². The highest BCUT2D eigenvalue weighted by Crippen LogP contribution is 2.09. The second-order valence-corrected chi connectivity index (χ2v) is 3.99. The number of aromatic carboxylic acids is 1. The Morgan fingerprint density at radius 3 is 2.37 bits per heavy atom. The minimum absolute atomic E-state index is 0.0556. The molecule has 1 aromatic carbocycles. The van der Waals surface area contributed by atoms with E-state index in [1.165, 1.54) is 12.1 Å². The van der Waals surface area contributed by atoms with E-state index in [1.807, 2.05) is 0 Å². The molecular weight excluding hydrogens is 248 g/mol. The number of hydrogen-bond donors (Lipinski definition) is 4. The molecule has 0 unspecified atom stereocenters. The monoisotopic (exact) mass is 266 g/mol. The first-order chi connectivity index (χ1) is 9.13. The fraction of sp³-hybridized carbons (Fsp3) is 0.385. The Hall–Kier alpha value is -2.08. The van der Waals surface area contributed by atoms with Gasteiger partial charge in [0.15, 0.2) is 0 Å². The van der Waals surface area contributed by atoms with Crippen molar-refractivity contribution < 1.29 is 19.8 Å². The maximum Gasteiger partial charge on any atom is 0.335 e. The highest BCUT2D eigenvalue weighted by Gasteiger charge is 2.02. The minimum Gasteiger partial charge on any atom is -0.478 e. The summed E-state index contributed by atoms with van der Waals surface area (Å²) in [5.41, 5.74) is 1.06. The van der Waals surface area contributed by atoms with E-state index in [0.29, 0.717) is 19.4 Å². The van der Waals surface area contributed by atoms with E-state index < -0.39 is 5.97 Å². The van der Waals surface area contributed by atoms with Crippen LogP contribution in [-0.4, -0.2) is 41.8 Å². The van der Waals surface area contributed by atoms with Crippen molar-refractivity contribution in [2.24, 2.45) is 0 Å². The number of aliphatic hydroxyl groups excluding tert-OH is 1. The zero-order valence-corrected chi connectivity index (χ0v) is 10.6. The summed E-state index contributed by atoms with van der Waals surface area (Å²) in [6.07, 6.45) is 1.05. The van der Waals surface area contributed by atoms with Crippen LogP contribution in [0.1, 0.15) is 23.2 Å². The van der Waals surface area contributed by atoms with Crippen LogP contribution in [0.2, 0.25) is 0 Å². The molecule has 6 nitrogen and oxygen atoms in total. The SMILES string of the molecule is O=C(CCCNc1ccc(C(=O)O)cc1)NCCO. The summed E-state index contributed by atoms with van der Waals surface area (Å²) in [6, 6.07) is 6.43. The third-order valence-corrected chi connectivity index (χ3v) is 2.48. The van der Waals surface area contributed by atoms with Crippen LogP contribution in [0.3, 0.4) is 0 Å². The van der Waals surface area contributed by atoms with E-state index >= 15 is 0 Å². The summed E-state index contributed by atoms with van der Waals surface area (Å²) < 4.78 is 0. The van der Waals surface area contributed by atoms with Crippen LogP contribution in [0.15, 0.2) is 24.3 Å². The van der Waals surface area contributed by atoms with Crippen molar-refractivity contribution in [3.05, 3.63) is 29.8 Å². The van der Waals surface area contributed by atoms with E-state index in [9.17, 15) is 9.59 Å². The molecule has 6 heteroatoms. The lowest BCUT2D eigenvalue weighted by Crippen LogP contribution is -2.26. The Labute approximate surface area is 111 Å². The van der Waals surface area contributed by atoms with Gasteiger partial charge in [0, 0.05) is 25.2 Å². The number of benzene rings is 1. The zero-order chi connectivity index (χ0) is 14.1. The standard InChI is InChI=1S/C13H18N2O4/c16-9-8-15-12(17)2-1-7-14-11-5-3-10(4-6-11)13(18)19/h3-6,14,16H,1-2,7-9H2,(H,15,17)(H,18,19). The summed E-state index contributed by atoms with van der Waals surface area (Å²) in [5, 5.41) is 22.9. The van der Waals surface area contributed by atoms with Crippen LogP contribution in [0.5, 0.6) is 0 Å². The van der Waals surface area contributed by atoms with Crippen molar-refractivity contribution in [2.75, 3.05) is 25.0 Å². The van der Waals surface area contributed by atoms with E-state index in [0.717, 1.165) is 5.69 Å². The van der Waals surface area contributed by atoms with Crippen molar-refractivity contribution >= 4 is 17.6 Å². The average molecular weight is 266 g/mol. The predicted molar refractivity (Wildman–Crippen MR) is 71.2 cm³/mol. The maximum absolute atomic E-state index is 11.2. The largest absolute Gasteiger partial charge is 0.478 e. The van der Waals surface area contributed by atoms with Gasteiger partial charge in [-0.1, -0.05) is 0 Å². The molecule has 0 radical (unpaired) electrons. The van der Waals surface area contributed by atoms with Gasteiger partial charge in [-0.25, -0.2) is 4.79 Å². The summed E-state index contributed by atoms with van der Waals surface area (Å²) in [5.74, 6) is -1.04. The quantitative estimate of drug-likeness (QED) is 0.519. The van der Waals surface area contributed by atoms with E-state index in [4.69, 9.17) is 10.2 Å². The van der Waals surface area contributed by atoms with Gasteiger partial charge in [0.25, 0.3) is 0 Å². The highest BCUT2D eigenvalue weighted by molar-refractivity contribution is 5.88. The molecule has 0 saturated carbocycles. The smallest absolute Gasteiger partial charge is 0.335 e. The molecule has 4 N–H and O–H groups in total. The molecule has 0 bridgehead atoms. The van der Waals surface area contributed by atoms with E-state index in [1.54, 1.807) is 12.1 Å². The number of aliphatic hydroxyl groups is 1. The number of amides is 1. The van der Waals surface area contributed by atoms with Crippen LogP contribution in [-0.2, 0) is 4.79 Å². The first-order valence-electron chi connectivity index (χ1n) is 6.08. The summed E-state index contributed by atoms with van der Waals surface area (Å²) in [4.78, 5) is 21.9. The van der Waals surface area contributed by atoms with Crippen molar-refractivity contribution in [2.45, 2.75) is 12.8 Å². The van der Waals surface area contributed by atoms with Crippen molar-refractivity contribution in [1.82, 2.24) is 5.32 Å². The predicted octanol–water partition coefficient (Wildman–Crippen LogP) is 0.685. The first kappa shape index (κ1) is 15.0. The Morgan fingerprint density at radius 2 is 1.79 bits per heavy atom. The van der Waals surface area contributed by atoms with Crippen molar-refractivity contribution in [3.63, 3.8) is 0 Å². The van der Waals surface area contributed by atoms with Gasteiger partial charge in [0.05, 0.1) is 12.2 Å². The van der Waals surface area contributed by atoms with E-state index in [2.05, 4.69) is 10.6 Å². The molecule has 0 spiro atoms. The number of carboxylic acid groups (broad SMARTS) is 1. The normalized spacial score (nSPS) is 9.95. The number of hydrogen-bond acceptors (Lipinski definition) is 4. The lowest BCUT2D eigenvalue weighted by Gasteiger charge is -2.07. The minimum atomic E-state index is -0.952. The highest BCUT2D eigenvalue weighted by atomic mass is 16.4. The Morgan fingerprint density at radius 1 is 1.11 bits per heavy atom. The third-order valence-electron chi connectivity index (χ3n) is 2.48. The first-order valence-corrected chi connectivity index (χ1v) is 6.08. The van der Waals surface area contributed by atoms with Crippen LogP contribution in [0.25, 0.3) is 0 Å². The van der Waals surface area contributed by atoms with Gasteiger partial charge in [-0.05, 0) is 30.7 Å². The molecule has 1 amide bonds. The molecular formula is C13H18N2O4. The molecule has 0 aliphatic carbocycles. The van der Waals surface area contributed by atoms with Crippen molar-refractivity contribution in [3.8, 4) is 0 Å². The van der Waals surface area contributed by atoms with E-state index in [-0.39, 0.29) is 24.6 Å². The summed E-state index contributed by atoms with van der Waals surface area (Å²) in [6.45, 7) is 0.849. The molecule has 0 aliphatic rings. The molecule has 1 aromatic rings. The number of rotatable bonds is 8. The second kappa shape index (κ2) is 8.10. The Kier molecular flexibility index (Phi) is 6.38. The number of carboxylic acids is 1. The Balaban J connectivity index is 2.22. The van der Waals surface area contributed by atoms with Gasteiger partial charge in [-0.3, -0.25) is 4.79 Å². The lowest BCUT2D eigenvalue weighted by atomic mass is 10.2. The zero-order valence-electron chi connectivity index (χ0n) is 10.6. The van der Waals surface area contributed by atoms with Crippen LogP contribution in [0, 0.1) is 0 Å². The number of carbonyl (C=O) groups is 2. The molecule has 0 aromatic heterocycles. The average Bonchev–Trinajstić information content (AvgIpc) is 2.41. The molecule has 0 saturated heterocycles. The van der Waals surface area contributed by atoms with Crippen molar-refractivity contribution in [1.29, 1.82) is 0 Å². The fourth-order valence-electron chi connectivity index (χ4n) is 1.50.